The van der Waals surface area contributed by atoms with Crippen molar-refractivity contribution in [1.82, 2.24) is 14.8 Å². The Hall–Kier alpha value is -3.66. The third-order valence-electron chi connectivity index (χ3n) is 6.10. The highest BCUT2D eigenvalue weighted by molar-refractivity contribution is 5.85. The molecular weight excluding hydrogens is 464 g/mol. The van der Waals surface area contributed by atoms with Crippen LogP contribution in [-0.2, 0) is 17.3 Å². The highest BCUT2D eigenvalue weighted by atomic mass is 19.4. The Bertz CT molecular complexity index is 1370. The minimum atomic E-state index is -4.75. The van der Waals surface area contributed by atoms with Crippen LogP contribution in [0.5, 0.6) is 5.75 Å². The molecule has 0 aliphatic carbocycles. The number of anilines is 1. The van der Waals surface area contributed by atoms with E-state index in [4.69, 9.17) is 4.74 Å². The first-order chi connectivity index (χ1) is 16.7. The van der Waals surface area contributed by atoms with Crippen molar-refractivity contribution in [1.29, 1.82) is 0 Å². The molecule has 0 saturated carbocycles. The average Bonchev–Trinajstić information content (AvgIpc) is 3.16. The Morgan fingerprint density at radius 3 is 2.66 bits per heavy atom. The fourth-order valence-electron chi connectivity index (χ4n) is 4.35. The van der Waals surface area contributed by atoms with Crippen LogP contribution in [0.15, 0.2) is 54.7 Å². The van der Waals surface area contributed by atoms with Gasteiger partial charge in [0.05, 0.1) is 35.7 Å². The van der Waals surface area contributed by atoms with Crippen molar-refractivity contribution in [3.63, 3.8) is 0 Å². The quantitative estimate of drug-likeness (QED) is 0.410. The first-order valence-corrected chi connectivity index (χ1v) is 11.1. The Labute approximate surface area is 198 Å². The molecular formula is C25H22F4N4O2. The van der Waals surface area contributed by atoms with Gasteiger partial charge in [-0.1, -0.05) is 30.3 Å². The number of rotatable bonds is 4. The van der Waals surface area contributed by atoms with Crippen molar-refractivity contribution in [3.8, 4) is 11.4 Å². The molecule has 1 N–H and O–H groups in total. The molecule has 182 valence electrons. The molecule has 2 aromatic heterocycles. The predicted octanol–water partition coefficient (Wildman–Crippen LogP) is 5.04. The smallest absolute Gasteiger partial charge is 0.416 e. The van der Waals surface area contributed by atoms with Gasteiger partial charge >= 0.3 is 6.18 Å². The van der Waals surface area contributed by atoms with Crippen molar-refractivity contribution < 1.29 is 27.4 Å². The standard InChI is InChI=1S/C25H22F4N4O2/c1-15-19-12-23(32-7-8-35-18(14-32)9-16-5-3-2-4-6-16)30-13-21(19)33(31-15)20-10-17(25(27,28)29)11-22(34)24(20)26/h2-6,10-13,18,34H,7-9,14H2,1H3. The molecule has 1 saturated heterocycles. The van der Waals surface area contributed by atoms with Gasteiger partial charge < -0.3 is 14.7 Å². The minimum absolute atomic E-state index is 0.0188. The summed E-state index contributed by atoms with van der Waals surface area (Å²) in [6, 6.07) is 12.8. The number of phenolic OH excluding ortho intramolecular Hbond substituents is 1. The lowest BCUT2D eigenvalue weighted by molar-refractivity contribution is -0.137. The summed E-state index contributed by atoms with van der Waals surface area (Å²) in [5.41, 5.74) is 0.326. The van der Waals surface area contributed by atoms with Gasteiger partial charge in [-0.3, -0.25) is 0 Å². The van der Waals surface area contributed by atoms with Crippen molar-refractivity contribution in [2.75, 3.05) is 24.6 Å². The summed E-state index contributed by atoms with van der Waals surface area (Å²) in [5.74, 6) is -1.62. The van der Waals surface area contributed by atoms with Gasteiger partial charge in [0.1, 0.15) is 11.5 Å². The zero-order valence-electron chi connectivity index (χ0n) is 18.8. The monoisotopic (exact) mass is 486 g/mol. The molecule has 1 aliphatic heterocycles. The largest absolute Gasteiger partial charge is 0.505 e. The summed E-state index contributed by atoms with van der Waals surface area (Å²) < 4.78 is 61.4. The summed E-state index contributed by atoms with van der Waals surface area (Å²) in [4.78, 5) is 6.58. The minimum Gasteiger partial charge on any atom is -0.505 e. The number of morpholine rings is 1. The van der Waals surface area contributed by atoms with Crippen LogP contribution in [0.2, 0.25) is 0 Å². The van der Waals surface area contributed by atoms with Gasteiger partial charge in [-0.2, -0.15) is 18.3 Å². The molecule has 0 bridgehead atoms. The van der Waals surface area contributed by atoms with Crippen LogP contribution in [0.3, 0.4) is 0 Å². The molecule has 4 aromatic rings. The Balaban J connectivity index is 1.47. The van der Waals surface area contributed by atoms with Gasteiger partial charge in [0, 0.05) is 24.9 Å². The number of phenols is 1. The summed E-state index contributed by atoms with van der Waals surface area (Å²) >= 11 is 0. The highest BCUT2D eigenvalue weighted by Crippen LogP contribution is 2.36. The number of aromatic hydroxyl groups is 1. The van der Waals surface area contributed by atoms with E-state index in [0.717, 1.165) is 11.1 Å². The normalized spacial score (nSPS) is 16.7. The molecule has 1 unspecified atom stereocenters. The van der Waals surface area contributed by atoms with Crippen LogP contribution < -0.4 is 4.90 Å². The number of halogens is 4. The number of aryl methyl sites for hydroxylation is 1. The molecule has 35 heavy (non-hydrogen) atoms. The summed E-state index contributed by atoms with van der Waals surface area (Å²) in [6.45, 7) is 3.47. The van der Waals surface area contributed by atoms with E-state index in [2.05, 4.69) is 27.1 Å². The Morgan fingerprint density at radius 1 is 1.14 bits per heavy atom. The van der Waals surface area contributed by atoms with Gasteiger partial charge in [0.2, 0.25) is 0 Å². The SMILES string of the molecule is Cc1nn(-c2cc(C(F)(F)F)cc(O)c2F)c2cnc(N3CCOC(Cc4ccccc4)C3)cc12. The van der Waals surface area contributed by atoms with Crippen molar-refractivity contribution in [2.24, 2.45) is 0 Å². The number of ether oxygens (including phenoxy) is 1. The maximum absolute atomic E-state index is 14.7. The van der Waals surface area contributed by atoms with Gasteiger partial charge in [-0.25, -0.2) is 14.1 Å². The third kappa shape index (κ3) is 4.53. The molecule has 5 rings (SSSR count). The molecule has 1 aliphatic rings. The van der Waals surface area contributed by atoms with Crippen LogP contribution in [0.1, 0.15) is 16.8 Å². The first kappa shape index (κ1) is 23.1. The van der Waals surface area contributed by atoms with Gasteiger partial charge in [0.25, 0.3) is 0 Å². The molecule has 1 atom stereocenters. The van der Waals surface area contributed by atoms with E-state index in [9.17, 15) is 22.7 Å². The summed E-state index contributed by atoms with van der Waals surface area (Å²) in [5, 5.41) is 14.7. The lowest BCUT2D eigenvalue weighted by Gasteiger charge is -2.34. The molecule has 0 spiro atoms. The number of benzene rings is 2. The second-order valence-corrected chi connectivity index (χ2v) is 8.51. The maximum Gasteiger partial charge on any atom is 0.416 e. The molecule has 0 amide bonds. The molecule has 2 aromatic carbocycles. The number of pyridine rings is 1. The fraction of sp³-hybridized carbons (Fsp3) is 0.280. The van der Waals surface area contributed by atoms with Crippen molar-refractivity contribution in [2.45, 2.75) is 25.6 Å². The second-order valence-electron chi connectivity index (χ2n) is 8.51. The number of fused-ring (bicyclic) bond motifs is 1. The number of hydrogen-bond donors (Lipinski definition) is 1. The zero-order valence-corrected chi connectivity index (χ0v) is 18.8. The zero-order chi connectivity index (χ0) is 24.7. The highest BCUT2D eigenvalue weighted by Gasteiger charge is 2.33. The van der Waals surface area contributed by atoms with Crippen molar-refractivity contribution >= 4 is 16.7 Å². The Kier molecular flexibility index (Phi) is 5.84. The van der Waals surface area contributed by atoms with E-state index in [1.807, 2.05) is 18.2 Å². The first-order valence-electron chi connectivity index (χ1n) is 11.1. The lowest BCUT2D eigenvalue weighted by Crippen LogP contribution is -2.43. The second kappa shape index (κ2) is 8.84. The van der Waals surface area contributed by atoms with Crippen molar-refractivity contribution in [3.05, 3.63) is 77.4 Å². The third-order valence-corrected chi connectivity index (χ3v) is 6.10. The summed E-state index contributed by atoms with van der Waals surface area (Å²) in [6.07, 6.45) is -2.55. The summed E-state index contributed by atoms with van der Waals surface area (Å²) in [7, 11) is 0. The number of aromatic nitrogens is 3. The van der Waals surface area contributed by atoms with Gasteiger partial charge in [-0.05, 0) is 30.7 Å². The van der Waals surface area contributed by atoms with Gasteiger partial charge in [0.15, 0.2) is 11.6 Å². The molecule has 1 fully saturated rings. The maximum atomic E-state index is 14.7. The van der Waals surface area contributed by atoms with Crippen LogP contribution in [0, 0.1) is 12.7 Å². The van der Waals surface area contributed by atoms with E-state index >= 15 is 0 Å². The van der Waals surface area contributed by atoms with Crippen LogP contribution in [0.25, 0.3) is 16.6 Å². The number of nitrogens with zero attached hydrogens (tertiary/aromatic N) is 4. The van der Waals surface area contributed by atoms with E-state index in [1.54, 1.807) is 13.0 Å². The fourth-order valence-corrected chi connectivity index (χ4v) is 4.35. The van der Waals surface area contributed by atoms with Crippen LogP contribution >= 0.6 is 0 Å². The average molecular weight is 486 g/mol. The number of hydrogen-bond acceptors (Lipinski definition) is 5. The molecule has 3 heterocycles. The molecule has 0 radical (unpaired) electrons. The van der Waals surface area contributed by atoms with Gasteiger partial charge in [-0.15, -0.1) is 0 Å². The van der Waals surface area contributed by atoms with E-state index in [0.29, 0.717) is 54.2 Å². The van der Waals surface area contributed by atoms with E-state index in [-0.39, 0.29) is 6.10 Å². The van der Waals surface area contributed by atoms with Crippen LogP contribution in [-0.4, -0.2) is 45.7 Å². The Morgan fingerprint density at radius 2 is 1.91 bits per heavy atom. The molecule has 6 nitrogen and oxygen atoms in total. The van der Waals surface area contributed by atoms with E-state index in [1.165, 1.54) is 11.8 Å². The lowest BCUT2D eigenvalue weighted by atomic mass is 10.1. The topological polar surface area (TPSA) is 63.4 Å². The van der Waals surface area contributed by atoms with Crippen LogP contribution in [0.4, 0.5) is 23.4 Å². The molecule has 10 heteroatoms. The predicted molar refractivity (Wildman–Crippen MR) is 122 cm³/mol. The van der Waals surface area contributed by atoms with E-state index < -0.39 is 29.0 Å². The number of alkyl halides is 3.